The molecule has 1 fully saturated rings. The van der Waals surface area contributed by atoms with E-state index in [4.69, 9.17) is 0 Å². The van der Waals surface area contributed by atoms with Gasteiger partial charge in [-0.25, -0.2) is 4.98 Å². The number of aromatic nitrogens is 2. The molecule has 1 aliphatic rings. The Morgan fingerprint density at radius 3 is 2.65 bits per heavy atom. The van der Waals surface area contributed by atoms with Crippen molar-refractivity contribution in [1.82, 2.24) is 14.9 Å². The molecule has 1 amide bonds. The van der Waals surface area contributed by atoms with E-state index in [1.54, 1.807) is 6.20 Å². The van der Waals surface area contributed by atoms with Crippen LogP contribution in [-0.4, -0.2) is 39.9 Å². The fourth-order valence-electron chi connectivity index (χ4n) is 2.99. The van der Waals surface area contributed by atoms with Gasteiger partial charge in [-0.05, 0) is 30.9 Å². The second-order valence-corrected chi connectivity index (χ2v) is 6.64. The number of piperidine rings is 1. The van der Waals surface area contributed by atoms with Crippen molar-refractivity contribution in [3.05, 3.63) is 30.5 Å². The van der Waals surface area contributed by atoms with Crippen molar-refractivity contribution >= 4 is 22.8 Å². The van der Waals surface area contributed by atoms with Gasteiger partial charge in [0.05, 0.1) is 17.2 Å². The largest absolute Gasteiger partial charge is 0.366 e. The molecule has 1 aromatic carbocycles. The van der Waals surface area contributed by atoms with Crippen LogP contribution >= 0.6 is 0 Å². The molecule has 0 atom stereocenters. The second kappa shape index (κ2) is 6.94. The number of benzene rings is 1. The van der Waals surface area contributed by atoms with Crippen LogP contribution in [0.25, 0.3) is 11.0 Å². The number of nitrogens with zero attached hydrogens (tertiary/aromatic N) is 3. The predicted molar refractivity (Wildman–Crippen MR) is 92.2 cm³/mol. The number of hydrogen-bond acceptors (Lipinski definition) is 4. The van der Waals surface area contributed by atoms with Crippen LogP contribution in [0.5, 0.6) is 0 Å². The van der Waals surface area contributed by atoms with Gasteiger partial charge in [-0.2, -0.15) is 0 Å². The molecular weight excluding hydrogens is 288 g/mol. The lowest BCUT2D eigenvalue weighted by Crippen LogP contribution is -2.42. The molecule has 1 saturated heterocycles. The third-order valence-electron chi connectivity index (χ3n) is 4.23. The summed E-state index contributed by atoms with van der Waals surface area (Å²) in [5, 5.41) is 3.46. The summed E-state index contributed by atoms with van der Waals surface area (Å²) in [6.45, 7) is 5.82. The van der Waals surface area contributed by atoms with Gasteiger partial charge < -0.3 is 10.2 Å². The van der Waals surface area contributed by atoms with E-state index in [9.17, 15) is 4.79 Å². The molecule has 0 bridgehead atoms. The maximum atomic E-state index is 12.1. The lowest BCUT2D eigenvalue weighted by atomic mass is 10.0. The molecule has 1 aliphatic heterocycles. The predicted octanol–water partition coefficient (Wildman–Crippen LogP) is 3.08. The number of fused-ring (bicyclic) bond motifs is 1. The molecule has 0 spiro atoms. The second-order valence-electron chi connectivity index (χ2n) is 6.64. The highest BCUT2D eigenvalue weighted by Crippen LogP contribution is 2.18. The first-order chi connectivity index (χ1) is 11.1. The molecule has 0 saturated carbocycles. The number of anilines is 1. The van der Waals surface area contributed by atoms with Gasteiger partial charge in [-0.3, -0.25) is 9.78 Å². The lowest BCUT2D eigenvalue weighted by Gasteiger charge is -2.33. The summed E-state index contributed by atoms with van der Waals surface area (Å²) in [4.78, 5) is 23.1. The van der Waals surface area contributed by atoms with Crippen LogP contribution in [0.3, 0.4) is 0 Å². The van der Waals surface area contributed by atoms with Crippen LogP contribution in [0.1, 0.15) is 33.1 Å². The van der Waals surface area contributed by atoms with Gasteiger partial charge in [0.2, 0.25) is 5.91 Å². The number of rotatable bonds is 4. The molecule has 2 aromatic rings. The van der Waals surface area contributed by atoms with Crippen molar-refractivity contribution in [3.8, 4) is 0 Å². The van der Waals surface area contributed by atoms with Crippen LogP contribution in [-0.2, 0) is 4.79 Å². The van der Waals surface area contributed by atoms with Crippen LogP contribution in [0.4, 0.5) is 5.82 Å². The number of amides is 1. The first kappa shape index (κ1) is 15.7. The van der Waals surface area contributed by atoms with Gasteiger partial charge in [0.25, 0.3) is 0 Å². The van der Waals surface area contributed by atoms with Crippen LogP contribution in [0.2, 0.25) is 0 Å². The van der Waals surface area contributed by atoms with E-state index in [0.29, 0.717) is 18.4 Å². The van der Waals surface area contributed by atoms with E-state index in [1.165, 1.54) is 0 Å². The van der Waals surface area contributed by atoms with E-state index in [-0.39, 0.29) is 5.91 Å². The third-order valence-corrected chi connectivity index (χ3v) is 4.23. The number of likely N-dealkylation sites (tertiary alicyclic amines) is 1. The Kier molecular flexibility index (Phi) is 4.74. The van der Waals surface area contributed by atoms with Crippen molar-refractivity contribution < 1.29 is 4.79 Å². The minimum atomic E-state index is 0.281. The fraction of sp³-hybridized carbons (Fsp3) is 0.500. The number of para-hydroxylation sites is 2. The summed E-state index contributed by atoms with van der Waals surface area (Å²) >= 11 is 0. The van der Waals surface area contributed by atoms with Gasteiger partial charge in [0.1, 0.15) is 5.82 Å². The third kappa shape index (κ3) is 3.97. The van der Waals surface area contributed by atoms with E-state index in [1.807, 2.05) is 29.2 Å². The topological polar surface area (TPSA) is 58.1 Å². The van der Waals surface area contributed by atoms with Gasteiger partial charge >= 0.3 is 0 Å². The van der Waals surface area contributed by atoms with Crippen molar-refractivity contribution in [3.63, 3.8) is 0 Å². The molecule has 5 heteroatoms. The van der Waals surface area contributed by atoms with E-state index in [2.05, 4.69) is 29.1 Å². The van der Waals surface area contributed by atoms with Crippen molar-refractivity contribution in [2.45, 2.75) is 39.2 Å². The highest BCUT2D eigenvalue weighted by Gasteiger charge is 2.23. The van der Waals surface area contributed by atoms with Crippen LogP contribution in [0, 0.1) is 5.92 Å². The number of carbonyl (C=O) groups is 1. The molecule has 23 heavy (non-hydrogen) atoms. The Balaban J connectivity index is 1.56. The van der Waals surface area contributed by atoms with E-state index >= 15 is 0 Å². The molecule has 0 unspecified atom stereocenters. The maximum Gasteiger partial charge on any atom is 0.222 e. The summed E-state index contributed by atoms with van der Waals surface area (Å²) < 4.78 is 0. The summed E-state index contributed by atoms with van der Waals surface area (Å²) in [6, 6.07) is 8.23. The zero-order valence-electron chi connectivity index (χ0n) is 13.8. The normalized spacial score (nSPS) is 16.0. The zero-order valence-corrected chi connectivity index (χ0v) is 13.8. The summed E-state index contributed by atoms with van der Waals surface area (Å²) in [5.74, 6) is 1.52. The zero-order chi connectivity index (χ0) is 16.2. The number of hydrogen-bond donors (Lipinski definition) is 1. The van der Waals surface area contributed by atoms with Gasteiger partial charge in [-0.1, -0.05) is 26.0 Å². The molecule has 0 aliphatic carbocycles. The summed E-state index contributed by atoms with van der Waals surface area (Å²) in [5.41, 5.74) is 1.81. The average molecular weight is 312 g/mol. The van der Waals surface area contributed by atoms with Crippen molar-refractivity contribution in [2.24, 2.45) is 5.92 Å². The molecule has 1 aromatic heterocycles. The minimum Gasteiger partial charge on any atom is -0.366 e. The first-order valence-corrected chi connectivity index (χ1v) is 8.38. The molecule has 122 valence electrons. The number of nitrogens with one attached hydrogen (secondary N) is 1. The standard InChI is InChI=1S/C18H24N4O/c1-13(2)11-18(23)22-9-7-14(8-10-22)20-17-12-19-15-5-3-4-6-16(15)21-17/h3-6,12-14H,7-11H2,1-2H3,(H,20,21). The molecule has 2 heterocycles. The van der Waals surface area contributed by atoms with Crippen LogP contribution < -0.4 is 5.32 Å². The van der Waals surface area contributed by atoms with Gasteiger partial charge in [0, 0.05) is 25.6 Å². The molecule has 3 rings (SSSR count). The molecule has 5 nitrogen and oxygen atoms in total. The highest BCUT2D eigenvalue weighted by molar-refractivity contribution is 5.76. The molecule has 0 radical (unpaired) electrons. The molecule has 1 N–H and O–H groups in total. The van der Waals surface area contributed by atoms with Crippen LogP contribution in [0.15, 0.2) is 30.5 Å². The highest BCUT2D eigenvalue weighted by atomic mass is 16.2. The fourth-order valence-corrected chi connectivity index (χ4v) is 2.99. The first-order valence-electron chi connectivity index (χ1n) is 8.38. The van der Waals surface area contributed by atoms with E-state index < -0.39 is 0 Å². The monoisotopic (exact) mass is 312 g/mol. The van der Waals surface area contributed by atoms with E-state index in [0.717, 1.165) is 42.8 Å². The maximum absolute atomic E-state index is 12.1. The lowest BCUT2D eigenvalue weighted by molar-refractivity contribution is -0.132. The average Bonchev–Trinajstić information content (AvgIpc) is 2.55. The Morgan fingerprint density at radius 1 is 1.26 bits per heavy atom. The van der Waals surface area contributed by atoms with Gasteiger partial charge in [0.15, 0.2) is 0 Å². The molecular formula is C18H24N4O. The summed E-state index contributed by atoms with van der Waals surface area (Å²) in [7, 11) is 0. The number of carbonyl (C=O) groups excluding carboxylic acids is 1. The smallest absolute Gasteiger partial charge is 0.222 e. The summed E-state index contributed by atoms with van der Waals surface area (Å²) in [6.07, 6.45) is 4.35. The SMILES string of the molecule is CC(C)CC(=O)N1CCC(Nc2cnc3ccccc3n2)CC1. The van der Waals surface area contributed by atoms with Crippen molar-refractivity contribution in [1.29, 1.82) is 0 Å². The Labute approximate surface area is 137 Å². The Bertz CT molecular complexity index is 678. The Morgan fingerprint density at radius 2 is 1.96 bits per heavy atom. The Hall–Kier alpha value is -2.17. The van der Waals surface area contributed by atoms with Gasteiger partial charge in [-0.15, -0.1) is 0 Å². The minimum absolute atomic E-state index is 0.281. The van der Waals surface area contributed by atoms with Crippen molar-refractivity contribution in [2.75, 3.05) is 18.4 Å². The quantitative estimate of drug-likeness (QED) is 0.942.